The molecule has 1 aromatic heterocycles. The zero-order valence-corrected chi connectivity index (χ0v) is 19.4. The topological polar surface area (TPSA) is 88.8 Å². The van der Waals surface area contributed by atoms with Crippen molar-refractivity contribution < 1.29 is 17.7 Å². The number of ether oxygens (including phenoxy) is 1. The predicted molar refractivity (Wildman–Crippen MR) is 121 cm³/mol. The van der Waals surface area contributed by atoms with Gasteiger partial charge in [-0.15, -0.1) is 0 Å². The molecule has 3 aromatic rings. The highest BCUT2D eigenvalue weighted by atomic mass is 32.2. The van der Waals surface area contributed by atoms with Crippen molar-refractivity contribution in [2.24, 2.45) is 0 Å². The van der Waals surface area contributed by atoms with Crippen LogP contribution >= 0.6 is 0 Å². The Hall–Kier alpha value is -2.75. The van der Waals surface area contributed by atoms with Crippen LogP contribution in [0, 0.1) is 13.8 Å². The minimum atomic E-state index is -3.50. The van der Waals surface area contributed by atoms with E-state index in [2.05, 4.69) is 15.0 Å². The molecule has 1 aliphatic rings. The van der Waals surface area contributed by atoms with Gasteiger partial charge in [0, 0.05) is 26.2 Å². The molecular weight excluding hydrogens is 428 g/mol. The van der Waals surface area contributed by atoms with Crippen LogP contribution in [0.1, 0.15) is 23.9 Å². The fraction of sp³-hybridized carbons (Fsp3) is 0.391. The van der Waals surface area contributed by atoms with E-state index in [0.717, 1.165) is 16.7 Å². The van der Waals surface area contributed by atoms with Gasteiger partial charge in [-0.2, -0.15) is 9.29 Å². The second-order valence-electron chi connectivity index (χ2n) is 7.87. The van der Waals surface area contributed by atoms with Crippen LogP contribution in [0.4, 0.5) is 0 Å². The van der Waals surface area contributed by atoms with Crippen LogP contribution < -0.4 is 4.74 Å². The number of piperazine rings is 1. The summed E-state index contributed by atoms with van der Waals surface area (Å²) >= 11 is 0. The molecule has 0 saturated carbocycles. The first-order chi connectivity index (χ1) is 15.4. The van der Waals surface area contributed by atoms with E-state index in [1.807, 2.05) is 51.1 Å². The van der Waals surface area contributed by atoms with Gasteiger partial charge >= 0.3 is 0 Å². The van der Waals surface area contributed by atoms with E-state index >= 15 is 0 Å². The minimum Gasteiger partial charge on any atom is -0.493 e. The van der Waals surface area contributed by atoms with E-state index in [-0.39, 0.29) is 0 Å². The van der Waals surface area contributed by atoms with Gasteiger partial charge in [-0.25, -0.2) is 8.42 Å². The van der Waals surface area contributed by atoms with E-state index in [0.29, 0.717) is 61.7 Å². The van der Waals surface area contributed by atoms with Crippen LogP contribution in [0.2, 0.25) is 0 Å². The molecule has 8 nitrogen and oxygen atoms in total. The third-order valence-electron chi connectivity index (χ3n) is 5.70. The van der Waals surface area contributed by atoms with Crippen LogP contribution in [-0.4, -0.2) is 60.5 Å². The summed E-state index contributed by atoms with van der Waals surface area (Å²) in [4.78, 5) is 6.99. The highest BCUT2D eigenvalue weighted by molar-refractivity contribution is 7.89. The largest absolute Gasteiger partial charge is 0.493 e. The summed E-state index contributed by atoms with van der Waals surface area (Å²) < 4.78 is 38.7. The van der Waals surface area contributed by atoms with Crippen LogP contribution in [0.15, 0.2) is 51.9 Å². The molecule has 0 atom stereocenters. The van der Waals surface area contributed by atoms with Gasteiger partial charge in [-0.05, 0) is 56.2 Å². The smallest absolute Gasteiger partial charge is 0.243 e. The lowest BCUT2D eigenvalue weighted by Crippen LogP contribution is -2.48. The predicted octanol–water partition coefficient (Wildman–Crippen LogP) is 3.26. The maximum Gasteiger partial charge on any atom is 0.243 e. The van der Waals surface area contributed by atoms with Gasteiger partial charge in [0.2, 0.25) is 21.7 Å². The molecule has 0 N–H and O–H groups in total. The van der Waals surface area contributed by atoms with Crippen molar-refractivity contribution in [1.82, 2.24) is 19.3 Å². The van der Waals surface area contributed by atoms with Gasteiger partial charge in [-0.3, -0.25) is 4.90 Å². The average molecular weight is 457 g/mol. The lowest BCUT2D eigenvalue weighted by atomic mass is 10.1. The molecule has 0 bridgehead atoms. The molecule has 1 aliphatic heterocycles. The van der Waals surface area contributed by atoms with Crippen molar-refractivity contribution in [2.75, 3.05) is 32.8 Å². The molecule has 0 amide bonds. The fourth-order valence-corrected chi connectivity index (χ4v) is 5.21. The van der Waals surface area contributed by atoms with Gasteiger partial charge in [0.1, 0.15) is 5.75 Å². The SMILES string of the molecule is CCOc1ccccc1-c1noc(CN2CCN(S(=O)(=O)c3ccc(C)c(C)c3)CC2)n1. The highest BCUT2D eigenvalue weighted by Crippen LogP contribution is 2.28. The third-order valence-corrected chi connectivity index (χ3v) is 7.60. The molecule has 2 aromatic carbocycles. The minimum absolute atomic E-state index is 0.351. The lowest BCUT2D eigenvalue weighted by Gasteiger charge is -2.33. The van der Waals surface area contributed by atoms with Gasteiger partial charge in [0.15, 0.2) is 0 Å². The quantitative estimate of drug-likeness (QED) is 0.539. The zero-order valence-electron chi connectivity index (χ0n) is 18.6. The van der Waals surface area contributed by atoms with Gasteiger partial charge in [0.25, 0.3) is 0 Å². The van der Waals surface area contributed by atoms with Crippen molar-refractivity contribution >= 4 is 10.0 Å². The van der Waals surface area contributed by atoms with Crippen molar-refractivity contribution in [3.8, 4) is 17.1 Å². The molecule has 170 valence electrons. The van der Waals surface area contributed by atoms with Gasteiger partial charge in [0.05, 0.1) is 23.6 Å². The number of para-hydroxylation sites is 1. The molecule has 0 radical (unpaired) electrons. The van der Waals surface area contributed by atoms with Crippen molar-refractivity contribution in [2.45, 2.75) is 32.2 Å². The molecule has 4 rings (SSSR count). The second kappa shape index (κ2) is 9.40. The van der Waals surface area contributed by atoms with Crippen LogP contribution in [-0.2, 0) is 16.6 Å². The number of aromatic nitrogens is 2. The van der Waals surface area contributed by atoms with E-state index in [4.69, 9.17) is 9.26 Å². The van der Waals surface area contributed by atoms with Crippen molar-refractivity contribution in [3.63, 3.8) is 0 Å². The van der Waals surface area contributed by atoms with E-state index < -0.39 is 10.0 Å². The molecular formula is C23H28N4O4S. The Kier molecular flexibility index (Phi) is 6.59. The molecule has 0 unspecified atom stereocenters. The number of aryl methyl sites for hydroxylation is 2. The second-order valence-corrected chi connectivity index (χ2v) is 9.81. The molecule has 1 fully saturated rings. The summed E-state index contributed by atoms with van der Waals surface area (Å²) in [5, 5.41) is 4.10. The summed E-state index contributed by atoms with van der Waals surface area (Å²) in [5.41, 5.74) is 2.84. The Labute approximate surface area is 188 Å². The monoisotopic (exact) mass is 456 g/mol. The fourth-order valence-electron chi connectivity index (χ4n) is 3.70. The Balaban J connectivity index is 1.39. The van der Waals surface area contributed by atoms with E-state index in [1.165, 1.54) is 0 Å². The van der Waals surface area contributed by atoms with Crippen LogP contribution in [0.5, 0.6) is 5.75 Å². The van der Waals surface area contributed by atoms with Crippen LogP contribution in [0.3, 0.4) is 0 Å². The number of nitrogens with zero attached hydrogens (tertiary/aromatic N) is 4. The van der Waals surface area contributed by atoms with Gasteiger partial charge in [-0.1, -0.05) is 23.4 Å². The van der Waals surface area contributed by atoms with Crippen LogP contribution in [0.25, 0.3) is 11.4 Å². The molecule has 0 aliphatic carbocycles. The maximum atomic E-state index is 13.0. The standard InChI is InChI=1S/C23H28N4O4S/c1-4-30-21-8-6-5-7-20(21)23-24-22(31-25-23)16-26-11-13-27(14-12-26)32(28,29)19-10-9-17(2)18(3)15-19/h5-10,15H,4,11-14,16H2,1-3H3. The Morgan fingerprint density at radius 1 is 1.03 bits per heavy atom. The zero-order chi connectivity index (χ0) is 22.7. The number of rotatable bonds is 7. The first-order valence-corrected chi connectivity index (χ1v) is 12.2. The summed E-state index contributed by atoms with van der Waals surface area (Å²) in [6.45, 7) is 8.89. The van der Waals surface area contributed by atoms with E-state index in [9.17, 15) is 8.42 Å². The Bertz CT molecular complexity index is 1180. The molecule has 0 spiro atoms. The number of hydrogen-bond acceptors (Lipinski definition) is 7. The molecule has 2 heterocycles. The third kappa shape index (κ3) is 4.69. The van der Waals surface area contributed by atoms with Gasteiger partial charge < -0.3 is 9.26 Å². The normalized spacial score (nSPS) is 15.7. The first kappa shape index (κ1) is 22.4. The first-order valence-electron chi connectivity index (χ1n) is 10.7. The Morgan fingerprint density at radius 3 is 2.50 bits per heavy atom. The Morgan fingerprint density at radius 2 is 1.78 bits per heavy atom. The summed E-state index contributed by atoms with van der Waals surface area (Å²) in [6, 6.07) is 12.9. The number of hydrogen-bond donors (Lipinski definition) is 0. The summed E-state index contributed by atoms with van der Waals surface area (Å²) in [6.07, 6.45) is 0. The summed E-state index contributed by atoms with van der Waals surface area (Å²) in [7, 11) is -3.50. The summed E-state index contributed by atoms with van der Waals surface area (Å²) in [5.74, 6) is 1.70. The molecule has 9 heteroatoms. The number of benzene rings is 2. The van der Waals surface area contributed by atoms with Crippen molar-refractivity contribution in [3.05, 3.63) is 59.5 Å². The highest BCUT2D eigenvalue weighted by Gasteiger charge is 2.29. The average Bonchev–Trinajstić information content (AvgIpc) is 3.25. The maximum absolute atomic E-state index is 13.0. The van der Waals surface area contributed by atoms with Crippen molar-refractivity contribution in [1.29, 1.82) is 0 Å². The lowest BCUT2D eigenvalue weighted by molar-refractivity contribution is 0.163. The van der Waals surface area contributed by atoms with E-state index in [1.54, 1.807) is 16.4 Å². The molecule has 1 saturated heterocycles. The molecule has 32 heavy (non-hydrogen) atoms. The number of sulfonamides is 1.